The Bertz CT molecular complexity index is 880. The number of carbonyl (C=O) groups excluding carboxylic acids is 1. The third-order valence-corrected chi connectivity index (χ3v) is 6.26. The average molecular weight is 388 g/mol. The molecule has 1 unspecified atom stereocenters. The minimum atomic E-state index is -3.10. The van der Waals surface area contributed by atoms with Crippen molar-refractivity contribution in [2.24, 2.45) is 5.92 Å². The van der Waals surface area contributed by atoms with Crippen LogP contribution in [0.15, 0.2) is 30.5 Å². The molecule has 1 amide bonds. The highest BCUT2D eigenvalue weighted by molar-refractivity contribution is 7.91. The van der Waals surface area contributed by atoms with Crippen LogP contribution in [0.25, 0.3) is 0 Å². The van der Waals surface area contributed by atoms with E-state index in [2.05, 4.69) is 10.4 Å². The Balaban J connectivity index is 1.72. The molecule has 1 saturated heterocycles. The standard InChI is InChI=1S/C15H15Cl2N3O3S/c16-12-2-1-10(13(17)7-12)8-20-14(3-5-18-20)19-15(21)11-4-6-24(22,23)9-11/h1-3,5,7,11H,4,6,8-9H2,(H,19,21). The van der Waals surface area contributed by atoms with E-state index in [0.717, 1.165) is 5.56 Å². The van der Waals surface area contributed by atoms with Crippen LogP contribution in [0.3, 0.4) is 0 Å². The van der Waals surface area contributed by atoms with Gasteiger partial charge in [-0.05, 0) is 24.1 Å². The molecule has 3 rings (SSSR count). The van der Waals surface area contributed by atoms with Crippen LogP contribution in [0.4, 0.5) is 5.82 Å². The van der Waals surface area contributed by atoms with E-state index < -0.39 is 15.8 Å². The summed E-state index contributed by atoms with van der Waals surface area (Å²) in [7, 11) is -3.10. The molecule has 9 heteroatoms. The van der Waals surface area contributed by atoms with E-state index in [1.807, 2.05) is 0 Å². The van der Waals surface area contributed by atoms with E-state index in [4.69, 9.17) is 23.2 Å². The molecule has 6 nitrogen and oxygen atoms in total. The van der Waals surface area contributed by atoms with Crippen molar-refractivity contribution in [2.45, 2.75) is 13.0 Å². The number of halogens is 2. The molecule has 1 N–H and O–H groups in total. The summed E-state index contributed by atoms with van der Waals surface area (Å²) in [5.41, 5.74) is 0.809. The van der Waals surface area contributed by atoms with Gasteiger partial charge in [0.25, 0.3) is 0 Å². The van der Waals surface area contributed by atoms with Gasteiger partial charge in [0.05, 0.1) is 30.2 Å². The van der Waals surface area contributed by atoms with E-state index in [9.17, 15) is 13.2 Å². The van der Waals surface area contributed by atoms with Gasteiger partial charge in [-0.2, -0.15) is 5.10 Å². The van der Waals surface area contributed by atoms with Gasteiger partial charge in [-0.15, -0.1) is 0 Å². The predicted octanol–water partition coefficient (Wildman–Crippen LogP) is 2.61. The first-order chi connectivity index (χ1) is 11.3. The Labute approximate surface area is 149 Å². The number of benzene rings is 1. The van der Waals surface area contributed by atoms with Gasteiger partial charge in [-0.3, -0.25) is 4.79 Å². The van der Waals surface area contributed by atoms with E-state index in [0.29, 0.717) is 28.8 Å². The number of carbonyl (C=O) groups is 1. The van der Waals surface area contributed by atoms with Crippen molar-refractivity contribution in [3.05, 3.63) is 46.1 Å². The lowest BCUT2D eigenvalue weighted by atomic mass is 10.1. The molecule has 1 aromatic carbocycles. The number of aromatic nitrogens is 2. The van der Waals surface area contributed by atoms with Gasteiger partial charge in [-0.25, -0.2) is 13.1 Å². The van der Waals surface area contributed by atoms with Crippen molar-refractivity contribution in [2.75, 3.05) is 16.8 Å². The monoisotopic (exact) mass is 387 g/mol. The number of anilines is 1. The maximum absolute atomic E-state index is 12.3. The lowest BCUT2D eigenvalue weighted by Crippen LogP contribution is -2.25. The maximum Gasteiger partial charge on any atom is 0.229 e. The quantitative estimate of drug-likeness (QED) is 0.873. The number of sulfone groups is 1. The van der Waals surface area contributed by atoms with E-state index >= 15 is 0 Å². The zero-order chi connectivity index (χ0) is 17.3. The van der Waals surface area contributed by atoms with Crippen LogP contribution in [-0.4, -0.2) is 35.6 Å². The Morgan fingerprint density at radius 1 is 1.33 bits per heavy atom. The molecule has 0 aliphatic carbocycles. The minimum absolute atomic E-state index is 0.0602. The second-order valence-corrected chi connectivity index (χ2v) is 8.77. The summed E-state index contributed by atoms with van der Waals surface area (Å²) < 4.78 is 24.6. The highest BCUT2D eigenvalue weighted by Crippen LogP contribution is 2.24. The zero-order valence-electron chi connectivity index (χ0n) is 12.6. The van der Waals surface area contributed by atoms with Crippen molar-refractivity contribution < 1.29 is 13.2 Å². The van der Waals surface area contributed by atoms with Crippen molar-refractivity contribution >= 4 is 44.8 Å². The summed E-state index contributed by atoms with van der Waals surface area (Å²) in [5, 5.41) is 7.98. The summed E-state index contributed by atoms with van der Waals surface area (Å²) in [5.74, 6) is -0.367. The highest BCUT2D eigenvalue weighted by Gasteiger charge is 2.33. The molecular weight excluding hydrogens is 373 g/mol. The van der Waals surface area contributed by atoms with Crippen LogP contribution < -0.4 is 5.32 Å². The smallest absolute Gasteiger partial charge is 0.229 e. The fourth-order valence-corrected chi connectivity index (χ4v) is 4.82. The third-order valence-electron chi connectivity index (χ3n) is 3.91. The van der Waals surface area contributed by atoms with Gasteiger partial charge < -0.3 is 5.32 Å². The number of hydrogen-bond acceptors (Lipinski definition) is 4. The topological polar surface area (TPSA) is 81.1 Å². The zero-order valence-corrected chi connectivity index (χ0v) is 14.9. The number of amides is 1. The van der Waals surface area contributed by atoms with E-state index in [-0.39, 0.29) is 17.4 Å². The maximum atomic E-state index is 12.3. The van der Waals surface area contributed by atoms with E-state index in [1.54, 1.807) is 35.1 Å². The number of rotatable bonds is 4. The molecule has 0 saturated carbocycles. The molecule has 1 fully saturated rings. The van der Waals surface area contributed by atoms with Crippen LogP contribution in [0.5, 0.6) is 0 Å². The highest BCUT2D eigenvalue weighted by atomic mass is 35.5. The average Bonchev–Trinajstić information content (AvgIpc) is 3.08. The predicted molar refractivity (Wildman–Crippen MR) is 93.2 cm³/mol. The van der Waals surface area contributed by atoms with Crippen LogP contribution in [-0.2, 0) is 21.2 Å². The lowest BCUT2D eigenvalue weighted by Gasteiger charge is -2.12. The van der Waals surface area contributed by atoms with Crippen molar-refractivity contribution in [1.29, 1.82) is 0 Å². The molecule has 1 aliphatic heterocycles. The minimum Gasteiger partial charge on any atom is -0.311 e. The fraction of sp³-hybridized carbons (Fsp3) is 0.333. The SMILES string of the molecule is O=C(Nc1ccnn1Cc1ccc(Cl)cc1Cl)C1CCS(=O)(=O)C1. The second kappa shape index (κ2) is 6.74. The molecule has 1 aliphatic rings. The Morgan fingerprint density at radius 3 is 2.79 bits per heavy atom. The molecule has 0 radical (unpaired) electrons. The summed E-state index contributed by atoms with van der Waals surface area (Å²) in [6, 6.07) is 6.82. The first-order valence-electron chi connectivity index (χ1n) is 7.31. The third kappa shape index (κ3) is 3.91. The van der Waals surface area contributed by atoms with Gasteiger partial charge in [0.1, 0.15) is 5.82 Å². The summed E-state index contributed by atoms with van der Waals surface area (Å²) in [4.78, 5) is 12.3. The van der Waals surface area contributed by atoms with Gasteiger partial charge in [-0.1, -0.05) is 29.3 Å². The van der Waals surface area contributed by atoms with Crippen molar-refractivity contribution in [3.63, 3.8) is 0 Å². The Morgan fingerprint density at radius 2 is 2.12 bits per heavy atom. The van der Waals surface area contributed by atoms with Gasteiger partial charge in [0, 0.05) is 16.1 Å². The van der Waals surface area contributed by atoms with Crippen LogP contribution in [0.1, 0.15) is 12.0 Å². The molecule has 0 spiro atoms. The molecule has 2 aromatic rings. The fourth-order valence-electron chi connectivity index (χ4n) is 2.61. The summed E-state index contributed by atoms with van der Waals surface area (Å²) >= 11 is 12.0. The Kier molecular flexibility index (Phi) is 4.85. The molecule has 2 heterocycles. The lowest BCUT2D eigenvalue weighted by molar-refractivity contribution is -0.119. The first-order valence-corrected chi connectivity index (χ1v) is 9.89. The number of nitrogens with zero attached hydrogens (tertiary/aromatic N) is 2. The molecular formula is C15H15Cl2N3O3S. The summed E-state index contributed by atoms with van der Waals surface area (Å²) in [6.45, 7) is 0.363. The first kappa shape index (κ1) is 17.3. The largest absolute Gasteiger partial charge is 0.311 e. The van der Waals surface area contributed by atoms with Crippen LogP contribution in [0.2, 0.25) is 10.0 Å². The van der Waals surface area contributed by atoms with Crippen molar-refractivity contribution in [1.82, 2.24) is 9.78 Å². The molecule has 0 bridgehead atoms. The normalized spacial score (nSPS) is 19.3. The molecule has 24 heavy (non-hydrogen) atoms. The summed E-state index contributed by atoms with van der Waals surface area (Å²) in [6.07, 6.45) is 1.91. The van der Waals surface area contributed by atoms with Gasteiger partial charge in [0.15, 0.2) is 9.84 Å². The van der Waals surface area contributed by atoms with E-state index in [1.165, 1.54) is 0 Å². The number of nitrogens with one attached hydrogen (secondary N) is 1. The van der Waals surface area contributed by atoms with Crippen LogP contribution >= 0.6 is 23.2 Å². The molecule has 128 valence electrons. The van der Waals surface area contributed by atoms with Crippen molar-refractivity contribution in [3.8, 4) is 0 Å². The van der Waals surface area contributed by atoms with Crippen LogP contribution in [0, 0.1) is 5.92 Å². The van der Waals surface area contributed by atoms with Gasteiger partial charge in [0.2, 0.25) is 5.91 Å². The Hall–Kier alpha value is -1.57. The second-order valence-electron chi connectivity index (χ2n) is 5.70. The molecule has 1 aromatic heterocycles. The molecule has 1 atom stereocenters. The van der Waals surface area contributed by atoms with Gasteiger partial charge >= 0.3 is 0 Å². The number of hydrogen-bond donors (Lipinski definition) is 1.